The molecular weight excluding hydrogens is 479 g/mol. The Morgan fingerprint density at radius 3 is 2.20 bits per heavy atom. The lowest BCUT2D eigenvalue weighted by molar-refractivity contribution is -0.259. The molecule has 9 heteroatoms. The summed E-state index contributed by atoms with van der Waals surface area (Å²) in [6.07, 6.45) is -0.817. The summed E-state index contributed by atoms with van der Waals surface area (Å²) in [7, 11) is 0. The van der Waals surface area contributed by atoms with Gasteiger partial charge >= 0.3 is 18.1 Å². The average Bonchev–Trinajstić information content (AvgIpc) is 2.94. The quantitative estimate of drug-likeness (QED) is 0.216. The molecule has 3 unspecified atom stereocenters. The second kappa shape index (κ2) is 7.39. The zero-order chi connectivity index (χ0) is 19.8. The number of ether oxygens (including phenoxy) is 1. The van der Waals surface area contributed by atoms with E-state index in [0.29, 0.717) is 3.39 Å². The van der Waals surface area contributed by atoms with Gasteiger partial charge in [-0.3, -0.25) is 4.79 Å². The first kappa shape index (κ1) is 22.2. The van der Waals surface area contributed by atoms with Crippen LogP contribution in [-0.4, -0.2) is 24.2 Å². The van der Waals surface area contributed by atoms with Gasteiger partial charge in [-0.25, -0.2) is 0 Å². The maximum Gasteiger partial charge on any atom is 0.457 e. The lowest BCUT2D eigenvalue weighted by Gasteiger charge is -2.19. The summed E-state index contributed by atoms with van der Waals surface area (Å²) in [4.78, 5) is 12.2. The minimum atomic E-state index is -5.76. The van der Waals surface area contributed by atoms with Crippen molar-refractivity contribution in [1.82, 2.24) is 0 Å². The van der Waals surface area contributed by atoms with Gasteiger partial charge in [0.15, 0.2) is 6.10 Å². The van der Waals surface area contributed by atoms with Crippen molar-refractivity contribution in [2.75, 3.05) is 0 Å². The van der Waals surface area contributed by atoms with Crippen molar-refractivity contribution in [2.45, 2.75) is 39.0 Å². The summed E-state index contributed by atoms with van der Waals surface area (Å²) in [5, 5.41) is 0. The van der Waals surface area contributed by atoms with Crippen LogP contribution in [0.1, 0.15) is 20.8 Å². The number of carbonyl (C=O) groups is 1. The number of carbonyl (C=O) groups excluding carboxylic acids is 1. The molecule has 1 aliphatic carbocycles. The Morgan fingerprint density at radius 2 is 1.80 bits per heavy atom. The molecule has 1 aliphatic rings. The molecule has 0 aromatic rings. The molecule has 0 radical (unpaired) electrons. The fraction of sp³-hybridized carbons (Fsp3) is 0.562. The van der Waals surface area contributed by atoms with Crippen LogP contribution in [0.15, 0.2) is 21.1 Å². The van der Waals surface area contributed by atoms with Gasteiger partial charge in [-0.1, -0.05) is 25.8 Å². The first-order valence-corrected chi connectivity index (χ1v) is 8.57. The van der Waals surface area contributed by atoms with Crippen molar-refractivity contribution in [2.24, 2.45) is 17.3 Å². The third kappa shape index (κ3) is 5.07. The molecule has 0 spiro atoms. The lowest BCUT2D eigenvalue weighted by Crippen LogP contribution is -2.35. The van der Waals surface area contributed by atoms with Gasteiger partial charge in [-0.15, -0.1) is 6.42 Å². The molecule has 1 fully saturated rings. The van der Waals surface area contributed by atoms with E-state index in [1.807, 2.05) is 5.92 Å². The van der Waals surface area contributed by atoms with Crippen molar-refractivity contribution >= 4 is 37.8 Å². The molecule has 1 rings (SSSR count). The summed E-state index contributed by atoms with van der Waals surface area (Å²) in [6.45, 7) is 4.56. The number of esters is 1. The van der Waals surface area contributed by atoms with Crippen LogP contribution < -0.4 is 0 Å². The molecule has 1 saturated carbocycles. The first-order chi connectivity index (χ1) is 11.1. The maximum atomic E-state index is 13.1. The molecule has 0 saturated heterocycles. The summed E-state index contributed by atoms with van der Waals surface area (Å²) in [5.41, 5.74) is -1.01. The molecule has 0 aromatic carbocycles. The Balaban J connectivity index is 2.92. The molecule has 25 heavy (non-hydrogen) atoms. The van der Waals surface area contributed by atoms with E-state index in [-0.39, 0.29) is 12.0 Å². The van der Waals surface area contributed by atoms with Gasteiger partial charge in [0.2, 0.25) is 0 Å². The van der Waals surface area contributed by atoms with E-state index in [1.54, 1.807) is 19.9 Å². The molecular formula is C16H15Br2F5O2. The SMILES string of the molecule is C#CC(OC(=O)C1C(C=C(Br)Br)C1(C)C)C(C)=CC(F)(F)C(F)(F)F. The fourth-order valence-corrected chi connectivity index (χ4v) is 3.04. The number of hydrogen-bond donors (Lipinski definition) is 0. The Hall–Kier alpha value is -0.880. The van der Waals surface area contributed by atoms with Gasteiger partial charge < -0.3 is 4.74 Å². The molecule has 0 aliphatic heterocycles. The van der Waals surface area contributed by atoms with E-state index in [2.05, 4.69) is 31.9 Å². The third-order valence-electron chi connectivity index (χ3n) is 4.06. The van der Waals surface area contributed by atoms with Gasteiger partial charge in [0.05, 0.1) is 9.31 Å². The van der Waals surface area contributed by atoms with Crippen molar-refractivity contribution in [3.05, 3.63) is 21.1 Å². The molecule has 0 aromatic heterocycles. The highest BCUT2D eigenvalue weighted by Crippen LogP contribution is 2.60. The van der Waals surface area contributed by atoms with Gasteiger partial charge in [0.1, 0.15) is 0 Å². The van der Waals surface area contributed by atoms with E-state index < -0.39 is 41.1 Å². The Labute approximate surface area is 159 Å². The number of hydrogen-bond acceptors (Lipinski definition) is 2. The fourth-order valence-electron chi connectivity index (χ4n) is 2.47. The number of rotatable bonds is 5. The van der Waals surface area contributed by atoms with Crippen molar-refractivity contribution in [3.63, 3.8) is 0 Å². The highest BCUT2D eigenvalue weighted by molar-refractivity contribution is 9.28. The molecule has 2 nitrogen and oxygen atoms in total. The monoisotopic (exact) mass is 492 g/mol. The summed E-state index contributed by atoms with van der Waals surface area (Å²) in [6, 6.07) is 0. The molecule has 0 N–H and O–H groups in total. The molecule has 0 heterocycles. The van der Waals surface area contributed by atoms with Crippen LogP contribution in [0, 0.1) is 29.6 Å². The van der Waals surface area contributed by atoms with Crippen LogP contribution in [0.4, 0.5) is 22.0 Å². The van der Waals surface area contributed by atoms with E-state index in [4.69, 9.17) is 11.2 Å². The Kier molecular flexibility index (Phi) is 6.55. The highest BCUT2D eigenvalue weighted by Gasteiger charge is 2.62. The van der Waals surface area contributed by atoms with Crippen LogP contribution >= 0.6 is 31.9 Å². The van der Waals surface area contributed by atoms with Crippen LogP contribution in [0.2, 0.25) is 0 Å². The second-order valence-corrected chi connectivity index (χ2v) is 9.05. The topological polar surface area (TPSA) is 26.3 Å². The summed E-state index contributed by atoms with van der Waals surface area (Å²) >= 11 is 6.35. The highest BCUT2D eigenvalue weighted by atomic mass is 79.9. The van der Waals surface area contributed by atoms with Gasteiger partial charge in [-0.05, 0) is 61.8 Å². The minimum absolute atomic E-state index is 0.187. The maximum absolute atomic E-state index is 13.1. The number of alkyl halides is 5. The van der Waals surface area contributed by atoms with Crippen molar-refractivity contribution < 1.29 is 31.5 Å². The van der Waals surface area contributed by atoms with Crippen molar-refractivity contribution in [1.29, 1.82) is 0 Å². The molecule has 140 valence electrons. The molecule has 3 atom stereocenters. The van der Waals surface area contributed by atoms with Gasteiger partial charge in [-0.2, -0.15) is 22.0 Å². The van der Waals surface area contributed by atoms with Crippen LogP contribution in [0.3, 0.4) is 0 Å². The van der Waals surface area contributed by atoms with Crippen LogP contribution in [0.5, 0.6) is 0 Å². The van der Waals surface area contributed by atoms with Gasteiger partial charge in [0, 0.05) is 0 Å². The predicted octanol–water partition coefficient (Wildman–Crippen LogP) is 5.58. The standard InChI is InChI=1S/C16H15Br2F5O2/c1-5-10(8(2)7-15(19,20)16(21,22)23)25-13(24)12-9(6-11(17)18)14(12,3)4/h1,6-7,9-10,12H,2-4H3. The summed E-state index contributed by atoms with van der Waals surface area (Å²) in [5.74, 6) is -4.66. The zero-order valence-electron chi connectivity index (χ0n) is 13.4. The number of terminal acetylenes is 1. The van der Waals surface area contributed by atoms with Crippen molar-refractivity contribution in [3.8, 4) is 12.3 Å². The van der Waals surface area contributed by atoms with Crippen LogP contribution in [-0.2, 0) is 9.53 Å². The van der Waals surface area contributed by atoms with Crippen LogP contribution in [0.25, 0.3) is 0 Å². The third-order valence-corrected chi connectivity index (χ3v) is 4.58. The largest absolute Gasteiger partial charge is 0.457 e. The summed E-state index contributed by atoms with van der Waals surface area (Å²) < 4.78 is 68.6. The predicted molar refractivity (Wildman–Crippen MR) is 90.2 cm³/mol. The lowest BCUT2D eigenvalue weighted by atomic mass is 10.1. The minimum Gasteiger partial charge on any atom is -0.444 e. The molecule has 0 bridgehead atoms. The zero-order valence-corrected chi connectivity index (χ0v) is 16.6. The first-order valence-electron chi connectivity index (χ1n) is 6.98. The molecule has 0 amide bonds. The van der Waals surface area contributed by atoms with E-state index in [0.717, 1.165) is 6.92 Å². The van der Waals surface area contributed by atoms with E-state index in [1.165, 1.54) is 0 Å². The van der Waals surface area contributed by atoms with E-state index in [9.17, 15) is 26.7 Å². The second-order valence-electron chi connectivity index (χ2n) is 6.27. The smallest absolute Gasteiger partial charge is 0.444 e. The number of halogens is 7. The normalized spacial score (nSPS) is 24.1. The van der Waals surface area contributed by atoms with E-state index >= 15 is 0 Å². The Morgan fingerprint density at radius 1 is 1.28 bits per heavy atom. The van der Waals surface area contributed by atoms with Gasteiger partial charge in [0.25, 0.3) is 0 Å². The Bertz CT molecular complexity index is 640. The number of allylic oxidation sites excluding steroid dienone is 2. The average molecular weight is 494 g/mol.